The Morgan fingerprint density at radius 1 is 1.00 bits per heavy atom. The molecule has 0 unspecified atom stereocenters. The summed E-state index contributed by atoms with van der Waals surface area (Å²) in [6.45, 7) is 2.03. The zero-order valence-electron chi connectivity index (χ0n) is 8.50. The molecule has 0 bridgehead atoms. The van der Waals surface area contributed by atoms with E-state index in [0.717, 1.165) is 21.8 Å². The molecule has 0 amide bonds. The SMILES string of the molecule is Cc1ccc(-c2ccc(Cl)cc2)c(N)c1. The maximum atomic E-state index is 5.96. The van der Waals surface area contributed by atoms with E-state index in [2.05, 4.69) is 6.07 Å². The van der Waals surface area contributed by atoms with E-state index in [4.69, 9.17) is 17.3 Å². The minimum atomic E-state index is 0.740. The molecule has 0 aliphatic carbocycles. The monoisotopic (exact) mass is 217 g/mol. The molecule has 0 fully saturated rings. The molecule has 0 saturated heterocycles. The molecular formula is C13H12ClN. The summed E-state index contributed by atoms with van der Waals surface area (Å²) in [6, 6.07) is 13.8. The molecule has 1 nitrogen and oxygen atoms in total. The number of hydrogen-bond acceptors (Lipinski definition) is 1. The van der Waals surface area contributed by atoms with Gasteiger partial charge in [0.1, 0.15) is 0 Å². The molecule has 2 aromatic rings. The zero-order chi connectivity index (χ0) is 10.8. The summed E-state index contributed by atoms with van der Waals surface area (Å²) in [6.07, 6.45) is 0. The highest BCUT2D eigenvalue weighted by atomic mass is 35.5. The Kier molecular flexibility index (Phi) is 2.65. The molecule has 0 aliphatic rings. The second-order valence-corrected chi connectivity index (χ2v) is 4.03. The maximum absolute atomic E-state index is 5.96. The fraction of sp³-hybridized carbons (Fsp3) is 0.0769. The van der Waals surface area contributed by atoms with Crippen LogP contribution in [0.4, 0.5) is 5.69 Å². The van der Waals surface area contributed by atoms with E-state index in [-0.39, 0.29) is 0 Å². The number of aryl methyl sites for hydroxylation is 1. The summed E-state index contributed by atoms with van der Waals surface area (Å²) >= 11 is 5.83. The first-order chi connectivity index (χ1) is 7.16. The van der Waals surface area contributed by atoms with Gasteiger partial charge in [-0.15, -0.1) is 0 Å². The van der Waals surface area contributed by atoms with E-state index in [9.17, 15) is 0 Å². The fourth-order valence-corrected chi connectivity index (χ4v) is 1.70. The van der Waals surface area contributed by atoms with Gasteiger partial charge in [-0.3, -0.25) is 0 Å². The van der Waals surface area contributed by atoms with Gasteiger partial charge in [-0.2, -0.15) is 0 Å². The quantitative estimate of drug-likeness (QED) is 0.721. The lowest BCUT2D eigenvalue weighted by Crippen LogP contribution is -1.90. The van der Waals surface area contributed by atoms with Crippen LogP contribution in [0.15, 0.2) is 42.5 Å². The zero-order valence-corrected chi connectivity index (χ0v) is 9.25. The molecule has 0 spiro atoms. The standard InChI is InChI=1S/C13H12ClN/c1-9-2-7-12(13(15)8-9)10-3-5-11(14)6-4-10/h2-8H,15H2,1H3. The number of anilines is 1. The second kappa shape index (κ2) is 3.95. The van der Waals surface area contributed by atoms with Crippen LogP contribution in [-0.4, -0.2) is 0 Å². The average molecular weight is 218 g/mol. The topological polar surface area (TPSA) is 26.0 Å². The van der Waals surface area contributed by atoms with E-state index >= 15 is 0 Å². The van der Waals surface area contributed by atoms with Crippen LogP contribution in [0.2, 0.25) is 5.02 Å². The third-order valence-electron chi connectivity index (χ3n) is 2.36. The van der Waals surface area contributed by atoms with Crippen LogP contribution < -0.4 is 5.73 Å². The maximum Gasteiger partial charge on any atom is 0.0406 e. The number of hydrogen-bond donors (Lipinski definition) is 1. The van der Waals surface area contributed by atoms with Gasteiger partial charge in [0.15, 0.2) is 0 Å². The van der Waals surface area contributed by atoms with Gasteiger partial charge in [0, 0.05) is 16.3 Å². The molecule has 0 atom stereocenters. The fourth-order valence-electron chi connectivity index (χ4n) is 1.57. The van der Waals surface area contributed by atoms with Gasteiger partial charge in [0.25, 0.3) is 0 Å². The molecule has 2 aromatic carbocycles. The smallest absolute Gasteiger partial charge is 0.0406 e. The number of rotatable bonds is 1. The molecule has 0 radical (unpaired) electrons. The van der Waals surface area contributed by atoms with E-state index in [1.54, 1.807) is 0 Å². The second-order valence-electron chi connectivity index (χ2n) is 3.60. The predicted molar refractivity (Wildman–Crippen MR) is 66.0 cm³/mol. The highest BCUT2D eigenvalue weighted by molar-refractivity contribution is 6.30. The number of halogens is 1. The van der Waals surface area contributed by atoms with Crippen LogP contribution in [0.5, 0.6) is 0 Å². The Morgan fingerprint density at radius 3 is 2.27 bits per heavy atom. The van der Waals surface area contributed by atoms with Crippen molar-refractivity contribution in [1.82, 2.24) is 0 Å². The normalized spacial score (nSPS) is 10.3. The van der Waals surface area contributed by atoms with E-state index in [1.165, 1.54) is 5.56 Å². The molecule has 2 N–H and O–H groups in total. The van der Waals surface area contributed by atoms with Crippen molar-refractivity contribution < 1.29 is 0 Å². The first-order valence-electron chi connectivity index (χ1n) is 4.79. The van der Waals surface area contributed by atoms with Crippen LogP contribution in [-0.2, 0) is 0 Å². The van der Waals surface area contributed by atoms with Crippen LogP contribution in [0, 0.1) is 6.92 Å². The van der Waals surface area contributed by atoms with E-state index < -0.39 is 0 Å². The Balaban J connectivity index is 2.49. The van der Waals surface area contributed by atoms with Gasteiger partial charge in [0.2, 0.25) is 0 Å². The third-order valence-corrected chi connectivity index (χ3v) is 2.61. The molecule has 76 valence electrons. The van der Waals surface area contributed by atoms with Crippen LogP contribution in [0.25, 0.3) is 11.1 Å². The molecule has 2 heteroatoms. The van der Waals surface area contributed by atoms with Crippen molar-refractivity contribution in [2.45, 2.75) is 6.92 Å². The molecule has 0 aliphatic heterocycles. The van der Waals surface area contributed by atoms with Gasteiger partial charge >= 0.3 is 0 Å². The van der Waals surface area contributed by atoms with E-state index in [1.807, 2.05) is 43.3 Å². The van der Waals surface area contributed by atoms with Crippen molar-refractivity contribution in [1.29, 1.82) is 0 Å². The number of benzene rings is 2. The summed E-state index contributed by atoms with van der Waals surface area (Å²) in [5.74, 6) is 0. The van der Waals surface area contributed by atoms with Crippen LogP contribution >= 0.6 is 11.6 Å². The molecule has 15 heavy (non-hydrogen) atoms. The van der Waals surface area contributed by atoms with Gasteiger partial charge in [0.05, 0.1) is 0 Å². The highest BCUT2D eigenvalue weighted by Gasteiger charge is 2.01. The van der Waals surface area contributed by atoms with Gasteiger partial charge in [-0.05, 0) is 36.2 Å². The number of nitrogens with two attached hydrogens (primary N) is 1. The summed E-state index contributed by atoms with van der Waals surface area (Å²) in [5, 5.41) is 0.740. The summed E-state index contributed by atoms with van der Waals surface area (Å²) in [4.78, 5) is 0. The first kappa shape index (κ1) is 10.1. The Morgan fingerprint density at radius 2 is 1.67 bits per heavy atom. The van der Waals surface area contributed by atoms with Gasteiger partial charge in [-0.1, -0.05) is 35.9 Å². The lowest BCUT2D eigenvalue weighted by atomic mass is 10.0. The Bertz CT molecular complexity index is 474. The first-order valence-corrected chi connectivity index (χ1v) is 5.17. The molecule has 0 saturated carbocycles. The molecule has 0 aromatic heterocycles. The largest absolute Gasteiger partial charge is 0.398 e. The molecule has 0 heterocycles. The predicted octanol–water partition coefficient (Wildman–Crippen LogP) is 3.90. The van der Waals surface area contributed by atoms with Crippen LogP contribution in [0.1, 0.15) is 5.56 Å². The third kappa shape index (κ3) is 2.13. The highest BCUT2D eigenvalue weighted by Crippen LogP contribution is 2.27. The van der Waals surface area contributed by atoms with Crippen molar-refractivity contribution in [2.24, 2.45) is 0 Å². The number of nitrogen functional groups attached to an aromatic ring is 1. The van der Waals surface area contributed by atoms with Crippen LogP contribution in [0.3, 0.4) is 0 Å². The van der Waals surface area contributed by atoms with Crippen molar-refractivity contribution in [2.75, 3.05) is 5.73 Å². The van der Waals surface area contributed by atoms with Gasteiger partial charge < -0.3 is 5.73 Å². The minimum absolute atomic E-state index is 0.740. The lowest BCUT2D eigenvalue weighted by molar-refractivity contribution is 1.47. The van der Waals surface area contributed by atoms with Crippen molar-refractivity contribution in [3.8, 4) is 11.1 Å². The van der Waals surface area contributed by atoms with Crippen molar-refractivity contribution in [3.63, 3.8) is 0 Å². The lowest BCUT2D eigenvalue weighted by Gasteiger charge is -2.06. The molecule has 2 rings (SSSR count). The summed E-state index contributed by atoms with van der Waals surface area (Å²) in [7, 11) is 0. The minimum Gasteiger partial charge on any atom is -0.398 e. The van der Waals surface area contributed by atoms with E-state index in [0.29, 0.717) is 0 Å². The average Bonchev–Trinajstić information content (AvgIpc) is 2.20. The molecular weight excluding hydrogens is 206 g/mol. The van der Waals surface area contributed by atoms with Gasteiger partial charge in [-0.25, -0.2) is 0 Å². The Hall–Kier alpha value is -1.47. The summed E-state index contributed by atoms with van der Waals surface area (Å²) < 4.78 is 0. The van der Waals surface area contributed by atoms with Crippen molar-refractivity contribution >= 4 is 17.3 Å². The van der Waals surface area contributed by atoms with Crippen molar-refractivity contribution in [3.05, 3.63) is 53.1 Å². The Labute approximate surface area is 94.5 Å². The summed E-state index contributed by atoms with van der Waals surface area (Å²) in [5.41, 5.74) is 10.1.